The van der Waals surface area contributed by atoms with E-state index >= 15 is 0 Å². The number of allylic oxidation sites excluding steroid dienone is 2. The van der Waals surface area contributed by atoms with Crippen molar-refractivity contribution in [1.29, 1.82) is 0 Å². The molecule has 1 aromatic rings. The molecule has 0 radical (unpaired) electrons. The first-order valence-corrected chi connectivity index (χ1v) is 23.7. The molecular formula is C48H64O27. The Labute approximate surface area is 428 Å². The van der Waals surface area contributed by atoms with E-state index in [1.807, 2.05) is 0 Å². The molecule has 0 bridgehead atoms. The Morgan fingerprint density at radius 2 is 0.987 bits per heavy atom. The van der Waals surface area contributed by atoms with Gasteiger partial charge >= 0.3 is 23.9 Å². The zero-order chi connectivity index (χ0) is 54.8. The highest BCUT2D eigenvalue weighted by Crippen LogP contribution is 2.38. The third-order valence-electron chi connectivity index (χ3n) is 13.1. The van der Waals surface area contributed by atoms with Crippen LogP contribution in [0.15, 0.2) is 71.2 Å². The number of esters is 4. The van der Waals surface area contributed by atoms with E-state index in [1.54, 1.807) is 19.1 Å². The second-order valence-electron chi connectivity index (χ2n) is 17.8. The number of carbonyl (C=O) groups excluding carboxylic acids is 4. The van der Waals surface area contributed by atoms with E-state index in [1.165, 1.54) is 31.2 Å². The highest BCUT2D eigenvalue weighted by atomic mass is 16.8. The van der Waals surface area contributed by atoms with Gasteiger partial charge in [-0.3, -0.25) is 9.59 Å². The maximum Gasteiger partial charge on any atom is 0.337 e. The van der Waals surface area contributed by atoms with E-state index in [4.69, 9.17) is 56.8 Å². The lowest BCUT2D eigenvalue weighted by Crippen LogP contribution is -2.60. The molecule has 3 fully saturated rings. The van der Waals surface area contributed by atoms with E-state index in [0.717, 1.165) is 26.7 Å². The molecule has 0 unspecified atom stereocenters. The van der Waals surface area contributed by atoms with Crippen LogP contribution >= 0.6 is 0 Å². The SMILES string of the molecule is C/C=C1\[C@H](O[C@@H]2O[C@H](CO)[C@@H](O)[C@H](O)[C@H]2O)OC=C(C(=O)OC)[C@H]1CC(=O)OC[C@H]1O[C@@H](OCCc2ccc(OC(=O)C[C@@H]3C(C(=O)OC)=CO[C@@H](O[C@@H]4O[C@H](CO)[C@@H](O)[C@H](O)[C@H]4O)/C3=C\C)cc2)[C@H](O)[C@@H](O)[C@@H]1O. The molecule has 27 heteroatoms. The van der Waals surface area contributed by atoms with Gasteiger partial charge in [-0.15, -0.1) is 0 Å². The fraction of sp³-hybridized carbons (Fsp3) is 0.625. The molecule has 0 spiro atoms. The number of carbonyl (C=O) groups is 4. The Morgan fingerprint density at radius 3 is 1.43 bits per heavy atom. The maximum absolute atomic E-state index is 13.4. The molecule has 418 valence electrons. The minimum atomic E-state index is -1.81. The zero-order valence-electron chi connectivity index (χ0n) is 41.0. The number of methoxy groups -OCH3 is 2. The van der Waals surface area contributed by atoms with Gasteiger partial charge in [0.25, 0.3) is 0 Å². The Balaban J connectivity index is 1.01. The van der Waals surface area contributed by atoms with Gasteiger partial charge in [0.2, 0.25) is 12.6 Å². The molecule has 5 aliphatic rings. The molecule has 75 heavy (non-hydrogen) atoms. The average Bonchev–Trinajstić information content (AvgIpc) is 3.40. The topological polar surface area (TPSA) is 402 Å². The summed E-state index contributed by atoms with van der Waals surface area (Å²) in [4.78, 5) is 52.3. The predicted molar refractivity (Wildman–Crippen MR) is 243 cm³/mol. The van der Waals surface area contributed by atoms with Crippen molar-refractivity contribution >= 4 is 23.9 Å². The monoisotopic (exact) mass is 1070 g/mol. The van der Waals surface area contributed by atoms with Crippen molar-refractivity contribution in [3.05, 3.63) is 76.8 Å². The van der Waals surface area contributed by atoms with Crippen molar-refractivity contribution in [3.8, 4) is 5.75 Å². The maximum atomic E-state index is 13.4. The molecule has 27 nitrogen and oxygen atoms in total. The first-order valence-electron chi connectivity index (χ1n) is 23.7. The third kappa shape index (κ3) is 13.8. The van der Waals surface area contributed by atoms with E-state index in [2.05, 4.69) is 0 Å². The smallest absolute Gasteiger partial charge is 0.337 e. The van der Waals surface area contributed by atoms with Crippen LogP contribution in [0, 0.1) is 11.8 Å². The number of hydrogen-bond donors (Lipinski definition) is 11. The molecule has 19 atom stereocenters. The van der Waals surface area contributed by atoms with Crippen LogP contribution in [0.5, 0.6) is 5.75 Å². The van der Waals surface area contributed by atoms with Crippen LogP contribution < -0.4 is 4.74 Å². The number of rotatable bonds is 19. The minimum absolute atomic E-state index is 0.0730. The van der Waals surface area contributed by atoms with Crippen molar-refractivity contribution in [2.45, 2.75) is 138 Å². The predicted octanol–water partition coefficient (Wildman–Crippen LogP) is -4.13. The van der Waals surface area contributed by atoms with Gasteiger partial charge in [-0.25, -0.2) is 9.59 Å². The summed E-state index contributed by atoms with van der Waals surface area (Å²) in [5.41, 5.74) is 0.788. The van der Waals surface area contributed by atoms with Crippen molar-refractivity contribution in [2.24, 2.45) is 11.8 Å². The lowest BCUT2D eigenvalue weighted by Gasteiger charge is -2.42. The van der Waals surface area contributed by atoms with Gasteiger partial charge in [0.1, 0.15) is 85.6 Å². The Hall–Kier alpha value is -5.02. The van der Waals surface area contributed by atoms with Gasteiger partial charge in [-0.1, -0.05) is 24.3 Å². The van der Waals surface area contributed by atoms with Gasteiger partial charge in [-0.2, -0.15) is 0 Å². The second kappa shape index (κ2) is 26.8. The molecule has 0 aromatic heterocycles. The van der Waals surface area contributed by atoms with Gasteiger partial charge in [-0.05, 0) is 38.0 Å². The standard InChI is InChI=1S/C48H64O27/c1-5-22-24(26(42(62)64-3)17-68-44(22)74-47-40(60)36(56)33(53)28(15-49)71-47)13-31(51)67-19-30-35(55)38(58)39(59)46(73-30)66-12-11-20-7-9-21(10-8-20)70-32(52)14-25-23(6-2)45(69-18-27(25)43(63)65-4)75-48-41(61)37(57)34(54)29(16-50)72-48/h5-10,17-18,24-25,28-30,33-41,44-50,53-61H,11-16,19H2,1-4H3/b22-5-,23-6-/t24-,25-,28+,29+,30+,33+,34+,35+,36-,37-,38-,39+,40+,41+,44-,45-,46+,47-,48-/m0/s1. The summed E-state index contributed by atoms with van der Waals surface area (Å²) in [6, 6.07) is 6.15. The average molecular weight is 1070 g/mol. The quantitative estimate of drug-likeness (QED) is 0.0271. The van der Waals surface area contributed by atoms with Gasteiger partial charge in [0.15, 0.2) is 18.9 Å². The second-order valence-corrected chi connectivity index (χ2v) is 17.8. The molecule has 0 saturated carbocycles. The van der Waals surface area contributed by atoms with Crippen LogP contribution in [0.25, 0.3) is 0 Å². The first-order chi connectivity index (χ1) is 35.8. The summed E-state index contributed by atoms with van der Waals surface area (Å²) in [6.45, 7) is 0.862. The van der Waals surface area contributed by atoms with E-state index in [-0.39, 0.29) is 41.1 Å². The fourth-order valence-electron chi connectivity index (χ4n) is 8.80. The highest BCUT2D eigenvalue weighted by Gasteiger charge is 2.50. The van der Waals surface area contributed by atoms with Gasteiger partial charge in [0, 0.05) is 23.0 Å². The highest BCUT2D eigenvalue weighted by molar-refractivity contribution is 5.91. The Morgan fingerprint density at radius 1 is 0.560 bits per heavy atom. The van der Waals surface area contributed by atoms with Crippen LogP contribution in [-0.4, -0.2) is 225 Å². The molecule has 0 aliphatic carbocycles. The lowest BCUT2D eigenvalue weighted by molar-refractivity contribution is -0.327. The summed E-state index contributed by atoms with van der Waals surface area (Å²) in [7, 11) is 2.22. The number of benzene rings is 1. The van der Waals surface area contributed by atoms with Gasteiger partial charge in [0.05, 0.1) is 70.6 Å². The summed E-state index contributed by atoms with van der Waals surface area (Å²) < 4.78 is 65.8. The Bertz CT molecular complexity index is 2230. The van der Waals surface area contributed by atoms with Crippen LogP contribution in [0.1, 0.15) is 32.3 Å². The number of hydrogen-bond acceptors (Lipinski definition) is 27. The third-order valence-corrected chi connectivity index (χ3v) is 13.1. The normalized spacial score (nSPS) is 37.1. The van der Waals surface area contributed by atoms with Gasteiger partial charge < -0.3 is 113 Å². The summed E-state index contributed by atoms with van der Waals surface area (Å²) in [5.74, 6) is -5.53. The zero-order valence-corrected chi connectivity index (χ0v) is 41.0. The number of ether oxygens (including phenoxy) is 12. The molecular weight excluding hydrogens is 1010 g/mol. The number of aliphatic hydroxyl groups is 11. The van der Waals surface area contributed by atoms with E-state index in [9.17, 15) is 75.3 Å². The number of aliphatic hydroxyl groups excluding tert-OH is 11. The minimum Gasteiger partial charge on any atom is -0.468 e. The molecule has 3 saturated heterocycles. The summed E-state index contributed by atoms with van der Waals surface area (Å²) in [6.07, 6.45) is -23.2. The fourth-order valence-corrected chi connectivity index (χ4v) is 8.80. The molecule has 5 heterocycles. The lowest BCUT2D eigenvalue weighted by atomic mass is 9.86. The van der Waals surface area contributed by atoms with Crippen LogP contribution in [-0.2, 0) is 77.7 Å². The van der Waals surface area contributed by atoms with E-state index in [0.29, 0.717) is 5.56 Å². The molecule has 5 aliphatic heterocycles. The van der Waals surface area contributed by atoms with Crippen molar-refractivity contribution in [2.75, 3.05) is 40.6 Å². The van der Waals surface area contributed by atoms with Crippen LogP contribution in [0.3, 0.4) is 0 Å². The van der Waals surface area contributed by atoms with Crippen molar-refractivity contribution < 1.29 is 132 Å². The van der Waals surface area contributed by atoms with Crippen molar-refractivity contribution in [3.63, 3.8) is 0 Å². The molecule has 0 amide bonds. The molecule has 1 aromatic carbocycles. The molecule has 6 rings (SSSR count). The molecule has 11 N–H and O–H groups in total. The summed E-state index contributed by atoms with van der Waals surface area (Å²) in [5, 5.41) is 113. The van der Waals surface area contributed by atoms with E-state index < -0.39 is 173 Å². The van der Waals surface area contributed by atoms with Crippen molar-refractivity contribution in [1.82, 2.24) is 0 Å². The van der Waals surface area contributed by atoms with Crippen LogP contribution in [0.2, 0.25) is 0 Å². The first kappa shape index (κ1) is 59.2. The largest absolute Gasteiger partial charge is 0.468 e. The summed E-state index contributed by atoms with van der Waals surface area (Å²) >= 11 is 0. The Kier molecular flexibility index (Phi) is 21.2. The van der Waals surface area contributed by atoms with Crippen LogP contribution in [0.4, 0.5) is 0 Å².